The molecule has 2 aromatic rings. The lowest BCUT2D eigenvalue weighted by atomic mass is 10.1. The molecule has 3 rings (SSSR count). The van der Waals surface area contributed by atoms with Gasteiger partial charge in [0.15, 0.2) is 0 Å². The minimum Gasteiger partial charge on any atom is -0.357 e. The van der Waals surface area contributed by atoms with Gasteiger partial charge in [-0.1, -0.05) is 25.0 Å². The number of benzene rings is 1. The van der Waals surface area contributed by atoms with Gasteiger partial charge < -0.3 is 10.2 Å². The van der Waals surface area contributed by atoms with E-state index in [0.29, 0.717) is 6.54 Å². The first-order valence-electron chi connectivity index (χ1n) is 10.9. The van der Waals surface area contributed by atoms with Crippen LogP contribution in [0.15, 0.2) is 41.4 Å². The van der Waals surface area contributed by atoms with E-state index in [2.05, 4.69) is 19.9 Å². The molecule has 0 radical (unpaired) electrons. The number of hydrogen-bond donors (Lipinski definition) is 2. The lowest BCUT2D eigenvalue weighted by Crippen LogP contribution is -2.30. The normalized spacial score (nSPS) is 14.8. The minimum atomic E-state index is -3.63. The molecule has 0 saturated carbocycles. The first kappa shape index (κ1) is 23.2. The van der Waals surface area contributed by atoms with Crippen LogP contribution in [0, 0.1) is 13.8 Å². The fourth-order valence-electron chi connectivity index (χ4n) is 3.56. The highest BCUT2D eigenvalue weighted by molar-refractivity contribution is 7.89. The van der Waals surface area contributed by atoms with Gasteiger partial charge in [0.25, 0.3) is 0 Å². The zero-order valence-electron chi connectivity index (χ0n) is 18.4. The summed E-state index contributed by atoms with van der Waals surface area (Å²) in [6.07, 6.45) is 6.83. The maximum Gasteiger partial charge on any atom is 0.240 e. The fourth-order valence-corrected chi connectivity index (χ4v) is 4.68. The minimum absolute atomic E-state index is 0.0488. The summed E-state index contributed by atoms with van der Waals surface area (Å²) in [6.45, 7) is 6.31. The number of hydrogen-bond acceptors (Lipinski definition) is 5. The quantitative estimate of drug-likeness (QED) is 0.653. The molecule has 1 fully saturated rings. The Kier molecular flexibility index (Phi) is 8.03. The predicted molar refractivity (Wildman–Crippen MR) is 122 cm³/mol. The van der Waals surface area contributed by atoms with Gasteiger partial charge in [-0.05, 0) is 61.6 Å². The molecule has 1 saturated heterocycles. The van der Waals surface area contributed by atoms with E-state index in [0.717, 1.165) is 35.6 Å². The molecular formula is C23H32N4O3S. The maximum absolute atomic E-state index is 12.4. The maximum atomic E-state index is 12.4. The first-order chi connectivity index (χ1) is 14.8. The standard InChI is InChI=1S/C23H32N4O3S/c1-18-7-9-21(15-19(18)2)31(29,30)26-12-11-23(28)25-17-20-8-10-22(24-16-20)27-13-5-3-4-6-14-27/h7-10,15-16,26H,3-6,11-14,17H2,1-2H3,(H,25,28). The van der Waals surface area contributed by atoms with Crippen LogP contribution in [0.5, 0.6) is 0 Å². The summed E-state index contributed by atoms with van der Waals surface area (Å²) in [5.74, 6) is 0.775. The Hall–Kier alpha value is -2.45. The molecule has 0 atom stereocenters. The summed E-state index contributed by atoms with van der Waals surface area (Å²) in [6, 6.07) is 8.98. The number of aromatic nitrogens is 1. The molecule has 8 heteroatoms. The van der Waals surface area contributed by atoms with E-state index < -0.39 is 10.0 Å². The molecule has 0 unspecified atom stereocenters. The van der Waals surface area contributed by atoms with E-state index in [1.807, 2.05) is 26.0 Å². The SMILES string of the molecule is Cc1ccc(S(=O)(=O)NCCC(=O)NCc2ccc(N3CCCCCC3)nc2)cc1C. The highest BCUT2D eigenvalue weighted by Crippen LogP contribution is 2.17. The molecule has 7 nitrogen and oxygen atoms in total. The first-order valence-corrected chi connectivity index (χ1v) is 12.4. The van der Waals surface area contributed by atoms with Crippen molar-refractivity contribution in [3.8, 4) is 0 Å². The molecule has 0 spiro atoms. The Morgan fingerprint density at radius 1 is 1.03 bits per heavy atom. The summed E-state index contributed by atoms with van der Waals surface area (Å²) in [5, 5.41) is 2.82. The highest BCUT2D eigenvalue weighted by Gasteiger charge is 2.15. The van der Waals surface area contributed by atoms with Gasteiger partial charge in [0.1, 0.15) is 5.82 Å². The monoisotopic (exact) mass is 444 g/mol. The van der Waals surface area contributed by atoms with Crippen molar-refractivity contribution in [2.24, 2.45) is 0 Å². The summed E-state index contributed by atoms with van der Waals surface area (Å²) in [4.78, 5) is 19.2. The van der Waals surface area contributed by atoms with Crippen molar-refractivity contribution in [2.75, 3.05) is 24.5 Å². The molecule has 2 heterocycles. The Morgan fingerprint density at radius 2 is 1.77 bits per heavy atom. The number of pyridine rings is 1. The van der Waals surface area contributed by atoms with Gasteiger partial charge in [0.2, 0.25) is 15.9 Å². The molecule has 1 aliphatic rings. The molecule has 2 N–H and O–H groups in total. The number of rotatable bonds is 8. The average Bonchev–Trinajstić information content (AvgIpc) is 3.04. The average molecular weight is 445 g/mol. The smallest absolute Gasteiger partial charge is 0.240 e. The van der Waals surface area contributed by atoms with Crippen LogP contribution in [0.3, 0.4) is 0 Å². The van der Waals surface area contributed by atoms with E-state index in [-0.39, 0.29) is 23.8 Å². The van der Waals surface area contributed by atoms with Crippen LogP contribution in [0.25, 0.3) is 0 Å². The molecule has 1 amide bonds. The van der Waals surface area contributed by atoms with E-state index in [4.69, 9.17) is 0 Å². The van der Waals surface area contributed by atoms with E-state index in [1.165, 1.54) is 25.7 Å². The van der Waals surface area contributed by atoms with Crippen LogP contribution in [0.1, 0.15) is 48.8 Å². The zero-order valence-corrected chi connectivity index (χ0v) is 19.2. The van der Waals surface area contributed by atoms with Crippen LogP contribution < -0.4 is 14.9 Å². The van der Waals surface area contributed by atoms with Crippen molar-refractivity contribution in [3.05, 3.63) is 53.2 Å². The van der Waals surface area contributed by atoms with E-state index in [1.54, 1.807) is 24.4 Å². The number of nitrogens with one attached hydrogen (secondary N) is 2. The van der Waals surface area contributed by atoms with Gasteiger partial charge >= 0.3 is 0 Å². The van der Waals surface area contributed by atoms with Crippen LogP contribution in [0.2, 0.25) is 0 Å². The van der Waals surface area contributed by atoms with Crippen LogP contribution in [-0.2, 0) is 21.4 Å². The number of carbonyl (C=O) groups is 1. The van der Waals surface area contributed by atoms with Gasteiger partial charge in [0.05, 0.1) is 4.90 Å². The summed E-state index contributed by atoms with van der Waals surface area (Å²) in [5.41, 5.74) is 2.87. The van der Waals surface area contributed by atoms with Crippen molar-refractivity contribution in [1.29, 1.82) is 0 Å². The summed E-state index contributed by atoms with van der Waals surface area (Å²) in [7, 11) is -3.63. The fraction of sp³-hybridized carbons (Fsp3) is 0.478. The molecule has 168 valence electrons. The van der Waals surface area contributed by atoms with Crippen LogP contribution >= 0.6 is 0 Å². The molecular weight excluding hydrogens is 412 g/mol. The third-order valence-electron chi connectivity index (χ3n) is 5.66. The Morgan fingerprint density at radius 3 is 2.42 bits per heavy atom. The lowest BCUT2D eigenvalue weighted by molar-refractivity contribution is -0.121. The Bertz CT molecular complexity index is 982. The van der Waals surface area contributed by atoms with E-state index in [9.17, 15) is 13.2 Å². The second-order valence-corrected chi connectivity index (χ2v) is 9.86. The van der Waals surface area contributed by atoms with Gasteiger partial charge in [-0.25, -0.2) is 18.1 Å². The third kappa shape index (κ3) is 6.77. The number of anilines is 1. The van der Waals surface area contributed by atoms with Crippen molar-refractivity contribution in [2.45, 2.75) is 57.4 Å². The van der Waals surface area contributed by atoms with Gasteiger partial charge in [-0.2, -0.15) is 0 Å². The molecule has 31 heavy (non-hydrogen) atoms. The number of amides is 1. The van der Waals surface area contributed by atoms with Crippen molar-refractivity contribution in [1.82, 2.24) is 15.0 Å². The lowest BCUT2D eigenvalue weighted by Gasteiger charge is -2.21. The number of sulfonamides is 1. The topological polar surface area (TPSA) is 91.4 Å². The number of aryl methyl sites for hydroxylation is 2. The highest BCUT2D eigenvalue weighted by atomic mass is 32.2. The Balaban J connectivity index is 1.43. The van der Waals surface area contributed by atoms with Crippen molar-refractivity contribution in [3.63, 3.8) is 0 Å². The van der Waals surface area contributed by atoms with Gasteiger partial charge in [0, 0.05) is 38.8 Å². The van der Waals surface area contributed by atoms with Crippen LogP contribution in [0.4, 0.5) is 5.82 Å². The van der Waals surface area contributed by atoms with Gasteiger partial charge in [-0.15, -0.1) is 0 Å². The molecule has 1 aromatic heterocycles. The zero-order chi connectivity index (χ0) is 22.3. The third-order valence-corrected chi connectivity index (χ3v) is 7.12. The van der Waals surface area contributed by atoms with E-state index >= 15 is 0 Å². The number of nitrogens with zero attached hydrogens (tertiary/aromatic N) is 2. The molecule has 0 bridgehead atoms. The number of carbonyl (C=O) groups excluding carboxylic acids is 1. The second-order valence-electron chi connectivity index (χ2n) is 8.10. The predicted octanol–water partition coefficient (Wildman–Crippen LogP) is 3.06. The summed E-state index contributed by atoms with van der Waals surface area (Å²) < 4.78 is 27.3. The molecule has 1 aromatic carbocycles. The second kappa shape index (κ2) is 10.7. The Labute approximate surface area is 185 Å². The van der Waals surface area contributed by atoms with Crippen LogP contribution in [-0.4, -0.2) is 38.9 Å². The molecule has 0 aliphatic carbocycles. The summed E-state index contributed by atoms with van der Waals surface area (Å²) >= 11 is 0. The van der Waals surface area contributed by atoms with Gasteiger partial charge in [-0.3, -0.25) is 4.79 Å². The largest absolute Gasteiger partial charge is 0.357 e. The van der Waals surface area contributed by atoms with Crippen molar-refractivity contribution >= 4 is 21.7 Å². The van der Waals surface area contributed by atoms with Crippen molar-refractivity contribution < 1.29 is 13.2 Å². The molecule has 1 aliphatic heterocycles.